The van der Waals surface area contributed by atoms with Crippen LogP contribution < -0.4 is 5.32 Å². The molecule has 1 aromatic carbocycles. The van der Waals surface area contributed by atoms with Crippen LogP contribution in [0.1, 0.15) is 36.7 Å². The number of hydrogen-bond donors (Lipinski definition) is 1. The Hall–Kier alpha value is -2.18. The maximum atomic E-state index is 12.1. The van der Waals surface area contributed by atoms with E-state index < -0.39 is 0 Å². The van der Waals surface area contributed by atoms with E-state index >= 15 is 0 Å². The minimum atomic E-state index is 0.0599. The summed E-state index contributed by atoms with van der Waals surface area (Å²) in [5.41, 5.74) is 4.86. The highest BCUT2D eigenvalue weighted by Crippen LogP contribution is 2.40. The van der Waals surface area contributed by atoms with E-state index in [1.54, 1.807) is 11.5 Å². The maximum absolute atomic E-state index is 12.1. The van der Waals surface area contributed by atoms with Gasteiger partial charge >= 0.3 is 0 Å². The number of carbonyl (C=O) groups excluding carboxylic acids is 1. The third-order valence-corrected chi connectivity index (χ3v) is 6.46. The predicted molar refractivity (Wildman–Crippen MR) is 119 cm³/mol. The molecule has 2 aliphatic rings. The molecule has 1 aliphatic heterocycles. The normalized spacial score (nSPS) is 21.2. The molecule has 0 bridgehead atoms. The fourth-order valence-corrected chi connectivity index (χ4v) is 5.08. The number of carbonyl (C=O) groups is 1. The number of benzene rings is 1. The van der Waals surface area contributed by atoms with E-state index in [4.69, 9.17) is 12.2 Å². The number of nitrogens with zero attached hydrogens (tertiary/aromatic N) is 3. The van der Waals surface area contributed by atoms with Crippen molar-refractivity contribution in [1.82, 2.24) is 19.7 Å². The lowest BCUT2D eigenvalue weighted by molar-refractivity contribution is 0.0941. The third-order valence-electron chi connectivity index (χ3n) is 6.09. The van der Waals surface area contributed by atoms with Gasteiger partial charge in [-0.15, -0.1) is 0 Å². The van der Waals surface area contributed by atoms with Crippen molar-refractivity contribution in [2.45, 2.75) is 39.3 Å². The van der Waals surface area contributed by atoms with Crippen LogP contribution >= 0.6 is 12.2 Å². The molecule has 0 saturated carbocycles. The molecule has 148 valence electrons. The van der Waals surface area contributed by atoms with Crippen LogP contribution in [0.25, 0.3) is 16.5 Å². The molecular formula is C22H28N4OS. The number of aromatic nitrogens is 1. The molecule has 0 spiro atoms. The monoisotopic (exact) mass is 396 g/mol. The van der Waals surface area contributed by atoms with Crippen LogP contribution in [0, 0.1) is 0 Å². The molecule has 28 heavy (non-hydrogen) atoms. The Morgan fingerprint density at radius 3 is 2.75 bits per heavy atom. The van der Waals surface area contributed by atoms with Gasteiger partial charge < -0.3 is 10.2 Å². The Morgan fingerprint density at radius 1 is 1.32 bits per heavy atom. The Morgan fingerprint density at radius 2 is 2.07 bits per heavy atom. The van der Waals surface area contributed by atoms with Gasteiger partial charge in [-0.05, 0) is 62.3 Å². The molecule has 2 aromatic rings. The summed E-state index contributed by atoms with van der Waals surface area (Å²) in [5, 5.41) is 5.58. The van der Waals surface area contributed by atoms with Gasteiger partial charge in [0.15, 0.2) is 5.11 Å². The zero-order valence-corrected chi connectivity index (χ0v) is 17.8. The first kappa shape index (κ1) is 19.2. The molecule has 1 aliphatic carbocycles. The maximum Gasteiger partial charge on any atom is 0.227 e. The molecule has 1 N–H and O–H groups in total. The molecule has 1 aromatic heterocycles. The lowest BCUT2D eigenvalue weighted by Gasteiger charge is -2.40. The van der Waals surface area contributed by atoms with E-state index in [1.165, 1.54) is 22.1 Å². The number of thiocarbonyl (C=S) groups is 1. The Kier molecular flexibility index (Phi) is 5.02. The van der Waals surface area contributed by atoms with Crippen molar-refractivity contribution in [3.8, 4) is 0 Å². The average molecular weight is 397 g/mol. The Balaban J connectivity index is 1.75. The van der Waals surface area contributed by atoms with Gasteiger partial charge in [-0.25, -0.2) is 0 Å². The second kappa shape index (κ2) is 7.33. The van der Waals surface area contributed by atoms with Crippen LogP contribution in [0.4, 0.5) is 0 Å². The number of likely N-dealkylation sites (N-methyl/N-ethyl adjacent to an activating group) is 1. The standard InChI is InChI=1S/C22H28N4OS/c1-5-25(6-2)22(28)23-16-11-18-17-8-7-9-19-21(17)15(12-26(19)14(3)27)10-20(18)24(4)13-16/h7-9,11-12,16,20H,5-6,10,13H2,1-4H3,(H,23,28)/t16-,20+/m0/s1. The van der Waals surface area contributed by atoms with Crippen molar-refractivity contribution >= 4 is 39.7 Å². The summed E-state index contributed by atoms with van der Waals surface area (Å²) in [7, 11) is 2.18. The molecule has 5 nitrogen and oxygen atoms in total. The number of fused-ring (bicyclic) bond motifs is 2. The Bertz CT molecular complexity index is 972. The highest BCUT2D eigenvalue weighted by Gasteiger charge is 2.34. The fourth-order valence-electron chi connectivity index (χ4n) is 4.67. The number of nitrogens with one attached hydrogen (secondary N) is 1. The van der Waals surface area contributed by atoms with Gasteiger partial charge in [-0.3, -0.25) is 14.3 Å². The zero-order valence-electron chi connectivity index (χ0n) is 17.0. The van der Waals surface area contributed by atoms with Crippen LogP contribution in [0.15, 0.2) is 30.5 Å². The van der Waals surface area contributed by atoms with Gasteiger partial charge in [0.25, 0.3) is 0 Å². The van der Waals surface area contributed by atoms with E-state index in [0.29, 0.717) is 6.04 Å². The van der Waals surface area contributed by atoms with Crippen molar-refractivity contribution in [1.29, 1.82) is 0 Å². The zero-order chi connectivity index (χ0) is 20.0. The van der Waals surface area contributed by atoms with Crippen molar-refractivity contribution in [2.75, 3.05) is 26.7 Å². The average Bonchev–Trinajstić information content (AvgIpc) is 3.04. The van der Waals surface area contributed by atoms with Crippen molar-refractivity contribution < 1.29 is 4.79 Å². The largest absolute Gasteiger partial charge is 0.355 e. The molecule has 4 rings (SSSR count). The van der Waals surface area contributed by atoms with Crippen molar-refractivity contribution in [3.05, 3.63) is 41.6 Å². The van der Waals surface area contributed by atoms with Gasteiger partial charge in [0.05, 0.1) is 11.6 Å². The summed E-state index contributed by atoms with van der Waals surface area (Å²) in [4.78, 5) is 16.7. The van der Waals surface area contributed by atoms with Crippen LogP contribution in [0.3, 0.4) is 0 Å². The summed E-state index contributed by atoms with van der Waals surface area (Å²) >= 11 is 5.63. The van der Waals surface area contributed by atoms with Gasteiger partial charge in [-0.2, -0.15) is 0 Å². The minimum Gasteiger partial charge on any atom is -0.355 e. The van der Waals surface area contributed by atoms with Crippen LogP contribution in [-0.2, 0) is 6.42 Å². The smallest absolute Gasteiger partial charge is 0.227 e. The first-order chi connectivity index (χ1) is 13.4. The Labute approximate surface area is 172 Å². The first-order valence-electron chi connectivity index (χ1n) is 10.1. The number of rotatable bonds is 3. The highest BCUT2D eigenvalue weighted by molar-refractivity contribution is 7.80. The van der Waals surface area contributed by atoms with Crippen molar-refractivity contribution in [2.24, 2.45) is 0 Å². The van der Waals surface area contributed by atoms with Gasteiger partial charge in [0.1, 0.15) is 0 Å². The van der Waals surface area contributed by atoms with Gasteiger partial charge in [-0.1, -0.05) is 18.2 Å². The summed E-state index contributed by atoms with van der Waals surface area (Å²) in [6.07, 6.45) is 5.31. The summed E-state index contributed by atoms with van der Waals surface area (Å²) in [6.45, 7) is 8.61. The molecule has 0 fully saturated rings. The van der Waals surface area contributed by atoms with E-state index in [9.17, 15) is 4.79 Å². The van der Waals surface area contributed by atoms with Crippen LogP contribution in [-0.4, -0.2) is 64.2 Å². The molecule has 0 unspecified atom stereocenters. The second-order valence-corrected chi connectivity index (χ2v) is 8.14. The topological polar surface area (TPSA) is 40.5 Å². The molecule has 0 radical (unpaired) electrons. The van der Waals surface area contributed by atoms with Crippen LogP contribution in [0.2, 0.25) is 0 Å². The van der Waals surface area contributed by atoms with E-state index in [0.717, 1.165) is 36.7 Å². The highest BCUT2D eigenvalue weighted by atomic mass is 32.1. The van der Waals surface area contributed by atoms with E-state index in [2.05, 4.69) is 54.2 Å². The summed E-state index contributed by atoms with van der Waals surface area (Å²) < 4.78 is 1.79. The minimum absolute atomic E-state index is 0.0599. The lowest BCUT2D eigenvalue weighted by atomic mass is 9.81. The van der Waals surface area contributed by atoms with Gasteiger partial charge in [0, 0.05) is 44.2 Å². The first-order valence-corrected chi connectivity index (χ1v) is 10.5. The van der Waals surface area contributed by atoms with Crippen molar-refractivity contribution in [3.63, 3.8) is 0 Å². The molecule has 6 heteroatoms. The molecular weight excluding hydrogens is 368 g/mol. The van der Waals surface area contributed by atoms with E-state index in [-0.39, 0.29) is 11.9 Å². The molecule has 0 amide bonds. The second-order valence-electron chi connectivity index (χ2n) is 7.75. The summed E-state index contributed by atoms with van der Waals surface area (Å²) in [5.74, 6) is 0.0599. The summed E-state index contributed by atoms with van der Waals surface area (Å²) in [6, 6.07) is 6.80. The third kappa shape index (κ3) is 3.05. The number of hydrogen-bond acceptors (Lipinski definition) is 3. The quantitative estimate of drug-likeness (QED) is 0.807. The fraction of sp³-hybridized carbons (Fsp3) is 0.455. The molecule has 2 atom stereocenters. The lowest BCUT2D eigenvalue weighted by Crippen LogP contribution is -2.52. The molecule has 0 saturated heterocycles. The molecule has 2 heterocycles. The SMILES string of the molecule is CCN(CC)C(=S)N[C@H]1C=C2c3cccc4c3c(cn4C(C)=O)C[C@H]2N(C)C1. The predicted octanol–water partition coefficient (Wildman–Crippen LogP) is 3.14. The van der Waals surface area contributed by atoms with Gasteiger partial charge in [0.2, 0.25) is 5.91 Å². The van der Waals surface area contributed by atoms with Crippen LogP contribution in [0.5, 0.6) is 0 Å². The van der Waals surface area contributed by atoms with E-state index in [1.807, 2.05) is 12.3 Å².